The van der Waals surface area contributed by atoms with E-state index >= 15 is 0 Å². The molecule has 3 rings (SSSR count). The van der Waals surface area contributed by atoms with Gasteiger partial charge in [0.2, 0.25) is 0 Å². The predicted octanol–water partition coefficient (Wildman–Crippen LogP) is 4.88. The number of carboxylic acids is 1. The molecule has 0 saturated carbocycles. The minimum atomic E-state index is -4.92. The van der Waals surface area contributed by atoms with Gasteiger partial charge in [0, 0.05) is 24.7 Å². The molecule has 0 radical (unpaired) electrons. The number of halogens is 5. The van der Waals surface area contributed by atoms with Gasteiger partial charge in [0.1, 0.15) is 17.3 Å². The molecular formula is C21H13F5N2O3. The number of nitrogens with zero attached hydrogens (tertiary/aromatic N) is 2. The summed E-state index contributed by atoms with van der Waals surface area (Å²) < 4.78 is 67.1. The number of Topliss-reactive ketones (excluding diaryl/α,β-unsaturated/α-hetero) is 1. The number of alkyl halides is 3. The number of hydrogen-bond acceptors (Lipinski definition) is 4. The highest BCUT2D eigenvalue weighted by atomic mass is 19.4. The average Bonchev–Trinajstić information content (AvgIpc) is 2.71. The number of carbonyl (C=O) groups is 2. The summed E-state index contributed by atoms with van der Waals surface area (Å²) in [4.78, 5) is 31.2. The van der Waals surface area contributed by atoms with Crippen LogP contribution < -0.4 is 0 Å². The van der Waals surface area contributed by atoms with Gasteiger partial charge in [0.15, 0.2) is 5.78 Å². The highest BCUT2D eigenvalue weighted by molar-refractivity contribution is 5.96. The van der Waals surface area contributed by atoms with Crippen LogP contribution in [-0.4, -0.2) is 26.8 Å². The lowest BCUT2D eigenvalue weighted by Crippen LogP contribution is -2.15. The standard InChI is InChI=1S/C21H13F5N2O3/c22-15-2-1-7-27-19(15)13(11-3-5-14(16(23)8-11)21(24,25)26)9-18(29)17-6-4-12(10-28-17)20(30)31/h1-8,10,13H,9H2,(H,30,31)/t13-/m1/s1. The lowest BCUT2D eigenvalue weighted by Gasteiger charge is -2.18. The molecule has 0 fully saturated rings. The molecule has 0 aliphatic carbocycles. The van der Waals surface area contributed by atoms with E-state index < -0.39 is 47.5 Å². The Hall–Kier alpha value is -3.69. The number of benzene rings is 1. The van der Waals surface area contributed by atoms with Crippen LogP contribution in [0.3, 0.4) is 0 Å². The second kappa shape index (κ2) is 8.58. The fraction of sp³-hybridized carbons (Fsp3) is 0.143. The molecule has 3 aromatic rings. The van der Waals surface area contributed by atoms with Crippen LogP contribution in [0.1, 0.15) is 50.0 Å². The van der Waals surface area contributed by atoms with E-state index in [2.05, 4.69) is 9.97 Å². The molecule has 10 heteroatoms. The van der Waals surface area contributed by atoms with Crippen LogP contribution in [-0.2, 0) is 6.18 Å². The summed E-state index contributed by atoms with van der Waals surface area (Å²) in [5.41, 5.74) is -2.13. The van der Waals surface area contributed by atoms with Gasteiger partial charge in [0.05, 0.1) is 16.8 Å². The first-order chi connectivity index (χ1) is 14.6. The summed E-state index contributed by atoms with van der Waals surface area (Å²) in [5, 5.41) is 8.90. The van der Waals surface area contributed by atoms with Gasteiger partial charge in [-0.1, -0.05) is 6.07 Å². The van der Waals surface area contributed by atoms with Crippen molar-refractivity contribution in [3.8, 4) is 0 Å². The van der Waals surface area contributed by atoms with Gasteiger partial charge in [-0.15, -0.1) is 0 Å². The van der Waals surface area contributed by atoms with Crippen molar-refractivity contribution in [2.24, 2.45) is 0 Å². The zero-order chi connectivity index (χ0) is 22.8. The van der Waals surface area contributed by atoms with E-state index in [0.717, 1.165) is 30.5 Å². The molecule has 0 bridgehead atoms. The quantitative estimate of drug-likeness (QED) is 0.440. The molecule has 0 saturated heterocycles. The molecular weight excluding hydrogens is 423 g/mol. The number of rotatable bonds is 6. The number of pyridine rings is 2. The normalized spacial score (nSPS) is 12.4. The Morgan fingerprint density at radius 2 is 1.74 bits per heavy atom. The summed E-state index contributed by atoms with van der Waals surface area (Å²) in [6.45, 7) is 0. The Kier molecular flexibility index (Phi) is 6.09. The van der Waals surface area contributed by atoms with Gasteiger partial charge >= 0.3 is 12.1 Å². The zero-order valence-corrected chi connectivity index (χ0v) is 15.5. The van der Waals surface area contributed by atoms with Crippen molar-refractivity contribution >= 4 is 11.8 Å². The first-order valence-electron chi connectivity index (χ1n) is 8.77. The Balaban J connectivity index is 2.00. The minimum Gasteiger partial charge on any atom is -0.478 e. The topological polar surface area (TPSA) is 80.1 Å². The zero-order valence-electron chi connectivity index (χ0n) is 15.5. The van der Waals surface area contributed by atoms with Crippen molar-refractivity contribution < 1.29 is 36.6 Å². The Morgan fingerprint density at radius 1 is 1.00 bits per heavy atom. The smallest absolute Gasteiger partial charge is 0.419 e. The van der Waals surface area contributed by atoms with Crippen molar-refractivity contribution in [1.82, 2.24) is 9.97 Å². The Morgan fingerprint density at radius 3 is 2.29 bits per heavy atom. The van der Waals surface area contributed by atoms with Crippen molar-refractivity contribution in [2.45, 2.75) is 18.5 Å². The molecule has 1 N–H and O–H groups in total. The van der Waals surface area contributed by atoms with Crippen molar-refractivity contribution in [2.75, 3.05) is 0 Å². The van der Waals surface area contributed by atoms with Crippen LogP contribution >= 0.6 is 0 Å². The number of carbonyl (C=O) groups excluding carboxylic acids is 1. The van der Waals surface area contributed by atoms with Crippen LogP contribution in [0.5, 0.6) is 0 Å². The Bertz CT molecular complexity index is 1130. The lowest BCUT2D eigenvalue weighted by atomic mass is 9.88. The van der Waals surface area contributed by atoms with E-state index in [1.807, 2.05) is 0 Å². The Labute approximate surface area is 172 Å². The molecule has 2 aromatic heterocycles. The lowest BCUT2D eigenvalue weighted by molar-refractivity contribution is -0.140. The number of aromatic carboxylic acids is 1. The second-order valence-corrected chi connectivity index (χ2v) is 6.52. The maximum Gasteiger partial charge on any atom is 0.419 e. The molecule has 160 valence electrons. The fourth-order valence-corrected chi connectivity index (χ4v) is 2.98. The van der Waals surface area contributed by atoms with Crippen LogP contribution in [0.2, 0.25) is 0 Å². The first kappa shape index (κ1) is 22.0. The SMILES string of the molecule is O=C(O)c1ccc(C(=O)C[C@H](c2ccc(C(F)(F)F)c(F)c2)c2ncccc2F)nc1. The van der Waals surface area contributed by atoms with Gasteiger partial charge in [-0.2, -0.15) is 13.2 Å². The third-order valence-corrected chi connectivity index (χ3v) is 4.50. The monoisotopic (exact) mass is 436 g/mol. The maximum atomic E-state index is 14.4. The summed E-state index contributed by atoms with van der Waals surface area (Å²) >= 11 is 0. The fourth-order valence-electron chi connectivity index (χ4n) is 2.98. The highest BCUT2D eigenvalue weighted by Gasteiger charge is 2.35. The van der Waals surface area contributed by atoms with Crippen LogP contribution in [0.15, 0.2) is 54.9 Å². The van der Waals surface area contributed by atoms with Crippen LogP contribution in [0, 0.1) is 11.6 Å². The minimum absolute atomic E-state index is 0.0846. The van der Waals surface area contributed by atoms with Gasteiger partial charge in [0.25, 0.3) is 0 Å². The van der Waals surface area contributed by atoms with E-state index in [9.17, 15) is 31.5 Å². The van der Waals surface area contributed by atoms with E-state index in [0.29, 0.717) is 12.1 Å². The number of carboxylic acid groups (broad SMARTS) is 1. The first-order valence-corrected chi connectivity index (χ1v) is 8.77. The summed E-state index contributed by atoms with van der Waals surface area (Å²) in [6.07, 6.45) is -3.21. The summed E-state index contributed by atoms with van der Waals surface area (Å²) in [5.74, 6) is -5.50. The van der Waals surface area contributed by atoms with E-state index in [4.69, 9.17) is 5.11 Å². The van der Waals surface area contributed by atoms with E-state index in [1.54, 1.807) is 0 Å². The molecule has 1 atom stereocenters. The van der Waals surface area contributed by atoms with Gasteiger partial charge in [-0.25, -0.2) is 13.6 Å². The molecule has 2 heterocycles. The van der Waals surface area contributed by atoms with Gasteiger partial charge in [-0.05, 0) is 42.0 Å². The molecule has 0 unspecified atom stereocenters. The maximum absolute atomic E-state index is 14.4. The average molecular weight is 436 g/mol. The molecule has 0 aliphatic rings. The number of ketones is 1. The summed E-state index contributed by atoms with van der Waals surface area (Å²) in [7, 11) is 0. The van der Waals surface area contributed by atoms with Crippen molar-refractivity contribution in [3.63, 3.8) is 0 Å². The molecule has 5 nitrogen and oxygen atoms in total. The van der Waals surface area contributed by atoms with Crippen molar-refractivity contribution in [1.29, 1.82) is 0 Å². The molecule has 0 amide bonds. The second-order valence-electron chi connectivity index (χ2n) is 6.52. The van der Waals surface area contributed by atoms with Gasteiger partial charge < -0.3 is 5.11 Å². The number of hydrogen-bond donors (Lipinski definition) is 1. The highest BCUT2D eigenvalue weighted by Crippen LogP contribution is 2.35. The van der Waals surface area contributed by atoms with Crippen LogP contribution in [0.25, 0.3) is 0 Å². The van der Waals surface area contributed by atoms with Crippen LogP contribution in [0.4, 0.5) is 22.0 Å². The third kappa shape index (κ3) is 4.90. The molecule has 0 spiro atoms. The number of aromatic nitrogens is 2. The predicted molar refractivity (Wildman–Crippen MR) is 97.6 cm³/mol. The molecule has 31 heavy (non-hydrogen) atoms. The van der Waals surface area contributed by atoms with E-state index in [-0.39, 0.29) is 22.5 Å². The molecule has 0 aliphatic heterocycles. The largest absolute Gasteiger partial charge is 0.478 e. The van der Waals surface area contributed by atoms with Crippen molar-refractivity contribution in [3.05, 3.63) is 94.6 Å². The summed E-state index contributed by atoms with van der Waals surface area (Å²) in [6, 6.07) is 6.72. The molecule has 1 aromatic carbocycles. The van der Waals surface area contributed by atoms with Gasteiger partial charge in [-0.3, -0.25) is 14.8 Å². The third-order valence-electron chi connectivity index (χ3n) is 4.50. The van der Waals surface area contributed by atoms with E-state index in [1.165, 1.54) is 12.3 Å².